The van der Waals surface area contributed by atoms with Gasteiger partial charge in [0, 0.05) is 17.0 Å². The second-order valence-electron chi connectivity index (χ2n) is 4.48. The van der Waals surface area contributed by atoms with E-state index in [0.29, 0.717) is 6.54 Å². The molecule has 1 amide bonds. The number of nitrogens with one attached hydrogen (secondary N) is 2. The first-order valence-electron chi connectivity index (χ1n) is 6.26. The highest BCUT2D eigenvalue weighted by molar-refractivity contribution is 7.99. The first-order chi connectivity index (χ1) is 9.33. The summed E-state index contributed by atoms with van der Waals surface area (Å²) in [7, 11) is 0. The fourth-order valence-corrected chi connectivity index (χ4v) is 3.01. The lowest BCUT2D eigenvalue weighted by atomic mass is 10.2. The molecule has 1 atom stereocenters. The molecule has 0 bridgehead atoms. The van der Waals surface area contributed by atoms with Crippen LogP contribution in [0.25, 0.3) is 10.9 Å². The molecule has 0 aliphatic carbocycles. The fourth-order valence-electron chi connectivity index (χ4n) is 2.07. The normalized spacial score (nSPS) is 18.6. The average molecular weight is 273 g/mol. The SMILES string of the molecule is O=C(NCc1ccc2ccccc2n1)C1CSCN1. The molecule has 1 aromatic carbocycles. The first-order valence-corrected chi connectivity index (χ1v) is 7.42. The van der Waals surface area contributed by atoms with Gasteiger partial charge in [0.15, 0.2) is 0 Å². The van der Waals surface area contributed by atoms with Crippen molar-refractivity contribution >= 4 is 28.6 Å². The molecule has 5 heteroatoms. The minimum atomic E-state index is -0.0644. The molecule has 1 unspecified atom stereocenters. The predicted octanol–water partition coefficient (Wildman–Crippen LogP) is 1.51. The molecule has 1 aromatic heterocycles. The Morgan fingerprint density at radius 2 is 2.26 bits per heavy atom. The lowest BCUT2D eigenvalue weighted by Gasteiger charge is -2.10. The van der Waals surface area contributed by atoms with Crippen LogP contribution in [0.5, 0.6) is 0 Å². The van der Waals surface area contributed by atoms with Crippen molar-refractivity contribution in [1.82, 2.24) is 15.6 Å². The molecule has 1 saturated heterocycles. The number of fused-ring (bicyclic) bond motifs is 1. The molecule has 1 fully saturated rings. The molecule has 0 saturated carbocycles. The molecule has 0 spiro atoms. The highest BCUT2D eigenvalue weighted by Gasteiger charge is 2.21. The monoisotopic (exact) mass is 273 g/mol. The number of para-hydroxylation sites is 1. The number of carbonyl (C=O) groups is 1. The third kappa shape index (κ3) is 2.88. The standard InChI is InChI=1S/C14H15N3OS/c18-14(13-8-19-9-16-13)15-7-11-6-5-10-3-1-2-4-12(10)17-11/h1-6,13,16H,7-9H2,(H,15,18). The van der Waals surface area contributed by atoms with E-state index in [9.17, 15) is 4.79 Å². The fraction of sp³-hybridized carbons (Fsp3) is 0.286. The van der Waals surface area contributed by atoms with Crippen LogP contribution < -0.4 is 10.6 Å². The second-order valence-corrected chi connectivity index (χ2v) is 5.52. The number of carbonyl (C=O) groups excluding carboxylic acids is 1. The maximum absolute atomic E-state index is 11.9. The van der Waals surface area contributed by atoms with E-state index in [4.69, 9.17) is 0 Å². The van der Waals surface area contributed by atoms with Crippen LogP contribution in [0.4, 0.5) is 0 Å². The van der Waals surface area contributed by atoms with Crippen LogP contribution in [0, 0.1) is 0 Å². The van der Waals surface area contributed by atoms with Crippen LogP contribution in [-0.2, 0) is 11.3 Å². The Labute approximate surface area is 116 Å². The smallest absolute Gasteiger partial charge is 0.238 e. The minimum absolute atomic E-state index is 0.0555. The molecule has 1 aliphatic rings. The van der Waals surface area contributed by atoms with E-state index in [2.05, 4.69) is 15.6 Å². The van der Waals surface area contributed by atoms with Gasteiger partial charge in [0.2, 0.25) is 5.91 Å². The van der Waals surface area contributed by atoms with Crippen LogP contribution in [0.1, 0.15) is 5.69 Å². The van der Waals surface area contributed by atoms with Crippen molar-refractivity contribution in [1.29, 1.82) is 0 Å². The van der Waals surface area contributed by atoms with Gasteiger partial charge < -0.3 is 5.32 Å². The summed E-state index contributed by atoms with van der Waals surface area (Å²) in [5, 5.41) is 7.20. The summed E-state index contributed by atoms with van der Waals surface area (Å²) >= 11 is 1.75. The van der Waals surface area contributed by atoms with E-state index in [1.165, 1.54) is 0 Å². The van der Waals surface area contributed by atoms with Crippen LogP contribution in [-0.4, -0.2) is 28.6 Å². The van der Waals surface area contributed by atoms with E-state index in [0.717, 1.165) is 28.2 Å². The number of nitrogens with zero attached hydrogens (tertiary/aromatic N) is 1. The Balaban J connectivity index is 1.66. The van der Waals surface area contributed by atoms with Crippen molar-refractivity contribution in [3.63, 3.8) is 0 Å². The van der Waals surface area contributed by atoms with Crippen molar-refractivity contribution in [2.45, 2.75) is 12.6 Å². The molecule has 2 aromatic rings. The summed E-state index contributed by atoms with van der Waals surface area (Å²) in [5.41, 5.74) is 1.85. The largest absolute Gasteiger partial charge is 0.349 e. The van der Waals surface area contributed by atoms with Gasteiger partial charge in [-0.15, -0.1) is 11.8 Å². The van der Waals surface area contributed by atoms with Gasteiger partial charge in [0.25, 0.3) is 0 Å². The Morgan fingerprint density at radius 3 is 3.11 bits per heavy atom. The average Bonchev–Trinajstić information content (AvgIpc) is 2.99. The van der Waals surface area contributed by atoms with Crippen molar-refractivity contribution in [3.05, 3.63) is 42.1 Å². The number of hydrogen-bond acceptors (Lipinski definition) is 4. The summed E-state index contributed by atoms with van der Waals surface area (Å²) in [6.07, 6.45) is 0. The number of aromatic nitrogens is 1. The third-order valence-corrected chi connectivity index (χ3v) is 4.07. The lowest BCUT2D eigenvalue weighted by molar-refractivity contribution is -0.122. The summed E-state index contributed by atoms with van der Waals surface area (Å²) in [5.74, 6) is 1.75. The first kappa shape index (κ1) is 12.4. The molecule has 4 nitrogen and oxygen atoms in total. The number of rotatable bonds is 3. The number of benzene rings is 1. The summed E-state index contributed by atoms with van der Waals surface area (Å²) in [6, 6.07) is 11.9. The molecular weight excluding hydrogens is 258 g/mol. The highest BCUT2D eigenvalue weighted by Crippen LogP contribution is 2.12. The minimum Gasteiger partial charge on any atom is -0.349 e. The Bertz CT molecular complexity index is 596. The van der Waals surface area contributed by atoms with Crippen molar-refractivity contribution in [3.8, 4) is 0 Å². The van der Waals surface area contributed by atoms with Gasteiger partial charge in [-0.2, -0.15) is 0 Å². The molecule has 0 radical (unpaired) electrons. The Morgan fingerprint density at radius 1 is 1.37 bits per heavy atom. The molecule has 19 heavy (non-hydrogen) atoms. The summed E-state index contributed by atoms with van der Waals surface area (Å²) in [4.78, 5) is 16.4. The molecule has 1 aliphatic heterocycles. The zero-order valence-corrected chi connectivity index (χ0v) is 11.2. The van der Waals surface area contributed by atoms with Gasteiger partial charge in [-0.25, -0.2) is 0 Å². The zero-order chi connectivity index (χ0) is 13.1. The van der Waals surface area contributed by atoms with Crippen LogP contribution in [0.2, 0.25) is 0 Å². The molecule has 3 rings (SSSR count). The number of thioether (sulfide) groups is 1. The molecule has 98 valence electrons. The van der Waals surface area contributed by atoms with Crippen LogP contribution in [0.15, 0.2) is 36.4 Å². The van der Waals surface area contributed by atoms with E-state index < -0.39 is 0 Å². The maximum atomic E-state index is 11.9. The lowest BCUT2D eigenvalue weighted by Crippen LogP contribution is -2.41. The number of hydrogen-bond donors (Lipinski definition) is 2. The topological polar surface area (TPSA) is 54.0 Å². The van der Waals surface area contributed by atoms with Crippen molar-refractivity contribution in [2.75, 3.05) is 11.6 Å². The van der Waals surface area contributed by atoms with Gasteiger partial charge in [-0.1, -0.05) is 24.3 Å². The summed E-state index contributed by atoms with van der Waals surface area (Å²) in [6.45, 7) is 0.479. The van der Waals surface area contributed by atoms with Crippen molar-refractivity contribution in [2.24, 2.45) is 0 Å². The number of amides is 1. The van der Waals surface area contributed by atoms with E-state index >= 15 is 0 Å². The highest BCUT2D eigenvalue weighted by atomic mass is 32.2. The van der Waals surface area contributed by atoms with Crippen molar-refractivity contribution < 1.29 is 4.79 Å². The van der Waals surface area contributed by atoms with Gasteiger partial charge in [-0.3, -0.25) is 15.1 Å². The molecule has 2 heterocycles. The second kappa shape index (κ2) is 5.59. The van der Waals surface area contributed by atoms with E-state index in [-0.39, 0.29) is 11.9 Å². The van der Waals surface area contributed by atoms with Gasteiger partial charge in [0.1, 0.15) is 0 Å². The van der Waals surface area contributed by atoms with Crippen LogP contribution in [0.3, 0.4) is 0 Å². The van der Waals surface area contributed by atoms with E-state index in [1.54, 1.807) is 11.8 Å². The quantitative estimate of drug-likeness (QED) is 0.890. The third-order valence-electron chi connectivity index (χ3n) is 3.13. The number of pyridine rings is 1. The van der Waals surface area contributed by atoms with Crippen LogP contribution >= 0.6 is 11.8 Å². The van der Waals surface area contributed by atoms with Gasteiger partial charge in [0.05, 0.1) is 23.8 Å². The Kier molecular flexibility index (Phi) is 3.66. The summed E-state index contributed by atoms with van der Waals surface area (Å²) < 4.78 is 0. The maximum Gasteiger partial charge on any atom is 0.238 e. The van der Waals surface area contributed by atoms with E-state index in [1.807, 2.05) is 36.4 Å². The molecular formula is C14H15N3OS. The Hall–Kier alpha value is -1.59. The van der Waals surface area contributed by atoms with Gasteiger partial charge in [-0.05, 0) is 12.1 Å². The predicted molar refractivity (Wildman–Crippen MR) is 77.8 cm³/mol. The zero-order valence-electron chi connectivity index (χ0n) is 10.4. The molecule has 2 N–H and O–H groups in total. The van der Waals surface area contributed by atoms with Gasteiger partial charge >= 0.3 is 0 Å².